The first-order valence-electron chi connectivity index (χ1n) is 7.04. The van der Waals surface area contributed by atoms with Gasteiger partial charge in [0.25, 0.3) is 5.91 Å². The highest BCUT2D eigenvalue weighted by molar-refractivity contribution is 5.95. The SMILES string of the molecule is CC(C)(C)c1cc(C(=O)NCC2CCCO2)cc(N)n1. The third kappa shape index (κ3) is 3.70. The highest BCUT2D eigenvalue weighted by Gasteiger charge is 2.20. The molecule has 20 heavy (non-hydrogen) atoms. The summed E-state index contributed by atoms with van der Waals surface area (Å²) in [4.78, 5) is 16.5. The number of carbonyl (C=O) groups is 1. The van der Waals surface area contributed by atoms with Crippen LogP contribution >= 0.6 is 0 Å². The lowest BCUT2D eigenvalue weighted by molar-refractivity contribution is 0.0857. The van der Waals surface area contributed by atoms with Crippen LogP contribution in [-0.4, -0.2) is 30.1 Å². The van der Waals surface area contributed by atoms with Gasteiger partial charge in [-0.3, -0.25) is 4.79 Å². The number of pyridine rings is 1. The summed E-state index contributed by atoms with van der Waals surface area (Å²) in [6.45, 7) is 7.47. The number of hydrogen-bond donors (Lipinski definition) is 2. The van der Waals surface area contributed by atoms with Gasteiger partial charge in [0.1, 0.15) is 5.82 Å². The molecule has 1 unspecified atom stereocenters. The second kappa shape index (κ2) is 5.79. The number of anilines is 1. The Labute approximate surface area is 119 Å². The van der Waals surface area contributed by atoms with Gasteiger partial charge in [-0.2, -0.15) is 0 Å². The Bertz CT molecular complexity index is 488. The molecule has 2 heterocycles. The summed E-state index contributed by atoms with van der Waals surface area (Å²) < 4.78 is 5.49. The number of nitrogen functional groups attached to an aromatic ring is 1. The molecule has 2 rings (SSSR count). The Kier molecular flexibility index (Phi) is 4.28. The fourth-order valence-corrected chi connectivity index (χ4v) is 2.18. The molecule has 0 saturated carbocycles. The van der Waals surface area contributed by atoms with Gasteiger partial charge in [0.05, 0.1) is 6.10 Å². The predicted octanol–water partition coefficient (Wildman–Crippen LogP) is 1.87. The zero-order valence-electron chi connectivity index (χ0n) is 12.4. The molecule has 0 bridgehead atoms. The fraction of sp³-hybridized carbons (Fsp3) is 0.600. The van der Waals surface area contributed by atoms with E-state index in [1.54, 1.807) is 12.1 Å². The monoisotopic (exact) mass is 277 g/mol. The van der Waals surface area contributed by atoms with E-state index in [4.69, 9.17) is 10.5 Å². The molecular weight excluding hydrogens is 254 g/mol. The Morgan fingerprint density at radius 3 is 2.85 bits per heavy atom. The van der Waals surface area contributed by atoms with Crippen molar-refractivity contribution in [3.05, 3.63) is 23.4 Å². The predicted molar refractivity (Wildman–Crippen MR) is 78.7 cm³/mol. The normalized spacial score (nSPS) is 19.1. The summed E-state index contributed by atoms with van der Waals surface area (Å²) in [5, 5.41) is 2.90. The second-order valence-electron chi connectivity index (χ2n) is 6.26. The number of aromatic nitrogens is 1. The fourth-order valence-electron chi connectivity index (χ4n) is 2.18. The largest absolute Gasteiger partial charge is 0.384 e. The van der Waals surface area contributed by atoms with E-state index in [0.29, 0.717) is 17.9 Å². The molecule has 0 radical (unpaired) electrons. The molecule has 1 fully saturated rings. The van der Waals surface area contributed by atoms with E-state index in [-0.39, 0.29) is 17.4 Å². The number of nitrogens with zero attached hydrogens (tertiary/aromatic N) is 1. The molecule has 0 aliphatic carbocycles. The minimum atomic E-state index is -0.140. The molecule has 1 amide bonds. The van der Waals surface area contributed by atoms with Gasteiger partial charge in [0, 0.05) is 29.8 Å². The Balaban J connectivity index is 2.07. The number of amides is 1. The van der Waals surface area contributed by atoms with Crippen LogP contribution in [0.5, 0.6) is 0 Å². The molecule has 5 heteroatoms. The van der Waals surface area contributed by atoms with Crippen molar-refractivity contribution < 1.29 is 9.53 Å². The maximum Gasteiger partial charge on any atom is 0.251 e. The van der Waals surface area contributed by atoms with Crippen molar-refractivity contribution >= 4 is 11.7 Å². The van der Waals surface area contributed by atoms with Gasteiger partial charge in [0.15, 0.2) is 0 Å². The molecule has 110 valence electrons. The van der Waals surface area contributed by atoms with Crippen LogP contribution in [0.3, 0.4) is 0 Å². The third-order valence-corrected chi connectivity index (χ3v) is 3.39. The van der Waals surface area contributed by atoms with Gasteiger partial charge >= 0.3 is 0 Å². The molecule has 5 nitrogen and oxygen atoms in total. The maximum absolute atomic E-state index is 12.2. The van der Waals surface area contributed by atoms with Crippen LogP contribution in [0, 0.1) is 0 Å². The van der Waals surface area contributed by atoms with Crippen molar-refractivity contribution in [2.45, 2.75) is 45.1 Å². The van der Waals surface area contributed by atoms with E-state index in [2.05, 4.69) is 10.3 Å². The van der Waals surface area contributed by atoms with Crippen molar-refractivity contribution in [1.29, 1.82) is 0 Å². The van der Waals surface area contributed by atoms with E-state index >= 15 is 0 Å². The highest BCUT2D eigenvalue weighted by Crippen LogP contribution is 2.22. The van der Waals surface area contributed by atoms with Gasteiger partial charge in [-0.25, -0.2) is 4.98 Å². The van der Waals surface area contributed by atoms with E-state index in [9.17, 15) is 4.79 Å². The van der Waals surface area contributed by atoms with E-state index < -0.39 is 0 Å². The average Bonchev–Trinajstić information content (AvgIpc) is 2.87. The van der Waals surface area contributed by atoms with Crippen LogP contribution in [-0.2, 0) is 10.2 Å². The van der Waals surface area contributed by atoms with Crippen LogP contribution in [0.25, 0.3) is 0 Å². The smallest absolute Gasteiger partial charge is 0.251 e. The molecule has 1 saturated heterocycles. The van der Waals surface area contributed by atoms with E-state index in [0.717, 1.165) is 25.1 Å². The van der Waals surface area contributed by atoms with Gasteiger partial charge < -0.3 is 15.8 Å². The molecule has 1 aliphatic rings. The lowest BCUT2D eigenvalue weighted by Crippen LogP contribution is -2.32. The lowest BCUT2D eigenvalue weighted by Gasteiger charge is -2.19. The summed E-state index contributed by atoms with van der Waals surface area (Å²) in [5.41, 5.74) is 7.03. The molecule has 1 atom stereocenters. The minimum Gasteiger partial charge on any atom is -0.384 e. The van der Waals surface area contributed by atoms with Crippen molar-refractivity contribution in [2.24, 2.45) is 0 Å². The number of nitrogens with two attached hydrogens (primary N) is 1. The topological polar surface area (TPSA) is 77.2 Å². The number of nitrogens with one attached hydrogen (secondary N) is 1. The van der Waals surface area contributed by atoms with E-state index in [1.807, 2.05) is 20.8 Å². The van der Waals surface area contributed by atoms with Gasteiger partial charge in [-0.1, -0.05) is 20.8 Å². The van der Waals surface area contributed by atoms with Crippen molar-refractivity contribution in [3.63, 3.8) is 0 Å². The quantitative estimate of drug-likeness (QED) is 0.884. The first-order chi connectivity index (χ1) is 9.36. The summed E-state index contributed by atoms with van der Waals surface area (Å²) in [7, 11) is 0. The van der Waals surface area contributed by atoms with Crippen LogP contribution in [0.15, 0.2) is 12.1 Å². The first kappa shape index (κ1) is 14.8. The zero-order chi connectivity index (χ0) is 14.8. The van der Waals surface area contributed by atoms with Crippen LogP contribution < -0.4 is 11.1 Å². The number of hydrogen-bond acceptors (Lipinski definition) is 4. The third-order valence-electron chi connectivity index (χ3n) is 3.39. The molecule has 1 aromatic heterocycles. The van der Waals surface area contributed by atoms with Crippen LogP contribution in [0.2, 0.25) is 0 Å². The van der Waals surface area contributed by atoms with Crippen molar-refractivity contribution in [3.8, 4) is 0 Å². The molecular formula is C15H23N3O2. The summed E-state index contributed by atoms with van der Waals surface area (Å²) in [6, 6.07) is 3.42. The van der Waals surface area contributed by atoms with Crippen molar-refractivity contribution in [1.82, 2.24) is 10.3 Å². The second-order valence-corrected chi connectivity index (χ2v) is 6.26. The Morgan fingerprint density at radius 2 is 2.25 bits per heavy atom. The van der Waals surface area contributed by atoms with Crippen molar-refractivity contribution in [2.75, 3.05) is 18.9 Å². The number of rotatable bonds is 3. The highest BCUT2D eigenvalue weighted by atomic mass is 16.5. The zero-order valence-corrected chi connectivity index (χ0v) is 12.4. The molecule has 1 aromatic rings. The maximum atomic E-state index is 12.2. The lowest BCUT2D eigenvalue weighted by atomic mass is 9.90. The molecule has 1 aliphatic heterocycles. The standard InChI is InChI=1S/C15H23N3O2/c1-15(2,3)12-7-10(8-13(16)18-12)14(19)17-9-11-5-4-6-20-11/h7-8,11H,4-6,9H2,1-3H3,(H2,16,18)(H,17,19). The summed E-state index contributed by atoms with van der Waals surface area (Å²) in [6.07, 6.45) is 2.21. The molecule has 0 aromatic carbocycles. The average molecular weight is 277 g/mol. The Hall–Kier alpha value is -1.62. The molecule has 0 spiro atoms. The van der Waals surface area contributed by atoms with Crippen LogP contribution in [0.4, 0.5) is 5.82 Å². The first-order valence-corrected chi connectivity index (χ1v) is 7.04. The Morgan fingerprint density at radius 1 is 1.50 bits per heavy atom. The number of carbonyl (C=O) groups excluding carboxylic acids is 1. The van der Waals surface area contributed by atoms with Gasteiger partial charge in [0.2, 0.25) is 0 Å². The molecule has 3 N–H and O–H groups in total. The van der Waals surface area contributed by atoms with Gasteiger partial charge in [-0.05, 0) is 25.0 Å². The van der Waals surface area contributed by atoms with Crippen LogP contribution in [0.1, 0.15) is 49.7 Å². The summed E-state index contributed by atoms with van der Waals surface area (Å²) >= 11 is 0. The minimum absolute atomic E-state index is 0.125. The van der Waals surface area contributed by atoms with E-state index in [1.165, 1.54) is 0 Å². The number of ether oxygens (including phenoxy) is 1. The summed E-state index contributed by atoms with van der Waals surface area (Å²) in [5.74, 6) is 0.250. The van der Waals surface area contributed by atoms with Gasteiger partial charge in [-0.15, -0.1) is 0 Å².